The molecule has 3 aromatic carbocycles. The molecule has 0 saturated heterocycles. The molecule has 2 amide bonds. The van der Waals surface area contributed by atoms with Crippen LogP contribution in [-0.4, -0.2) is 16.7 Å². The van der Waals surface area contributed by atoms with Crippen LogP contribution in [0.5, 0.6) is 0 Å². The molecule has 4 aromatic rings. The molecule has 0 saturated carbocycles. The number of carbonyl (C=O) groups excluding carboxylic acids is 2. The smallest absolute Gasteiger partial charge is 0.247 e. The van der Waals surface area contributed by atoms with E-state index >= 15 is 0 Å². The highest BCUT2D eigenvalue weighted by Crippen LogP contribution is 2.26. The summed E-state index contributed by atoms with van der Waals surface area (Å²) in [5.41, 5.74) is 2.42. The van der Waals surface area contributed by atoms with Crippen LogP contribution >= 0.6 is 11.3 Å². The van der Waals surface area contributed by atoms with Crippen molar-refractivity contribution in [1.82, 2.24) is 10.2 Å². The molecule has 1 atom stereocenters. The average molecular weight is 473 g/mol. The van der Waals surface area contributed by atoms with Gasteiger partial charge in [-0.05, 0) is 40.3 Å². The van der Waals surface area contributed by atoms with Gasteiger partial charge in [-0.3, -0.25) is 9.59 Å². The minimum atomic E-state index is -0.906. The highest BCUT2D eigenvalue weighted by Gasteiger charge is 2.31. The molecule has 1 aromatic heterocycles. The molecular weight excluding hydrogens is 447 g/mol. The number of hydrogen-bond donors (Lipinski definition) is 1. The van der Waals surface area contributed by atoms with E-state index in [1.165, 1.54) is 23.5 Å². The Morgan fingerprint density at radius 3 is 2.09 bits per heavy atom. The molecule has 34 heavy (non-hydrogen) atoms. The summed E-state index contributed by atoms with van der Waals surface area (Å²) in [5.74, 6) is -0.881. The third kappa shape index (κ3) is 6.17. The molecule has 1 heterocycles. The van der Waals surface area contributed by atoms with Crippen molar-refractivity contribution in [1.29, 1.82) is 0 Å². The molecule has 0 aliphatic rings. The number of rotatable bonds is 9. The zero-order valence-corrected chi connectivity index (χ0v) is 19.4. The van der Waals surface area contributed by atoms with Crippen molar-refractivity contribution in [2.75, 3.05) is 0 Å². The van der Waals surface area contributed by atoms with Gasteiger partial charge < -0.3 is 10.2 Å². The highest BCUT2D eigenvalue weighted by molar-refractivity contribution is 7.10. The topological polar surface area (TPSA) is 49.4 Å². The Hall–Kier alpha value is -3.77. The Bertz CT molecular complexity index is 1200. The molecule has 4 nitrogen and oxygen atoms in total. The van der Waals surface area contributed by atoms with Gasteiger partial charge in [-0.25, -0.2) is 4.39 Å². The van der Waals surface area contributed by atoms with Crippen LogP contribution < -0.4 is 5.32 Å². The molecule has 0 radical (unpaired) electrons. The lowest BCUT2D eigenvalue weighted by Gasteiger charge is -2.31. The van der Waals surface area contributed by atoms with Gasteiger partial charge in [0.2, 0.25) is 11.8 Å². The predicted molar refractivity (Wildman–Crippen MR) is 132 cm³/mol. The summed E-state index contributed by atoms with van der Waals surface area (Å²) < 4.78 is 13.7. The fourth-order valence-electron chi connectivity index (χ4n) is 3.77. The van der Waals surface area contributed by atoms with Gasteiger partial charge in [0.25, 0.3) is 0 Å². The minimum Gasteiger partial charge on any atom is -0.350 e. The van der Waals surface area contributed by atoms with E-state index in [2.05, 4.69) is 5.32 Å². The number of amides is 2. The van der Waals surface area contributed by atoms with E-state index in [0.717, 1.165) is 16.0 Å². The van der Waals surface area contributed by atoms with Crippen molar-refractivity contribution in [3.8, 4) is 0 Å². The molecule has 1 unspecified atom stereocenters. The van der Waals surface area contributed by atoms with Crippen LogP contribution in [0.15, 0.2) is 102 Å². The van der Waals surface area contributed by atoms with Gasteiger partial charge in [0.1, 0.15) is 11.9 Å². The standard InChI is InChI=1S/C28H25FN2O2S/c29-24-15-13-23(14-16-24)27(28(33)30-19-21-8-3-1-4-9-21)31(20-22-10-5-2-6-11-22)26(32)18-25-12-7-17-34-25/h1-17,27H,18-20H2,(H,30,33). The third-order valence-electron chi connectivity index (χ3n) is 5.48. The Labute approximate surface area is 202 Å². The summed E-state index contributed by atoms with van der Waals surface area (Å²) in [4.78, 5) is 29.6. The quantitative estimate of drug-likeness (QED) is 0.349. The van der Waals surface area contributed by atoms with E-state index in [9.17, 15) is 14.0 Å². The molecule has 0 aliphatic carbocycles. The molecule has 0 fully saturated rings. The monoisotopic (exact) mass is 472 g/mol. The van der Waals surface area contributed by atoms with Gasteiger partial charge in [-0.2, -0.15) is 0 Å². The molecule has 0 bridgehead atoms. The van der Waals surface area contributed by atoms with Gasteiger partial charge in [-0.15, -0.1) is 11.3 Å². The van der Waals surface area contributed by atoms with Crippen LogP contribution in [0, 0.1) is 5.82 Å². The summed E-state index contributed by atoms with van der Waals surface area (Å²) in [6, 6.07) is 27.8. The van der Waals surface area contributed by atoms with Crippen molar-refractivity contribution in [2.24, 2.45) is 0 Å². The summed E-state index contributed by atoms with van der Waals surface area (Å²) in [7, 11) is 0. The van der Waals surface area contributed by atoms with E-state index in [1.807, 2.05) is 78.2 Å². The number of hydrogen-bond acceptors (Lipinski definition) is 3. The third-order valence-corrected chi connectivity index (χ3v) is 6.35. The average Bonchev–Trinajstić information content (AvgIpc) is 3.38. The first-order chi connectivity index (χ1) is 16.6. The SMILES string of the molecule is O=C(NCc1ccccc1)C(c1ccc(F)cc1)N(Cc1ccccc1)C(=O)Cc1cccs1. The van der Waals surface area contributed by atoms with Crippen LogP contribution in [0.2, 0.25) is 0 Å². The summed E-state index contributed by atoms with van der Waals surface area (Å²) in [6.07, 6.45) is 0.189. The maximum atomic E-state index is 13.7. The minimum absolute atomic E-state index is 0.171. The maximum absolute atomic E-state index is 13.7. The number of halogens is 1. The van der Waals surface area contributed by atoms with Crippen molar-refractivity contribution in [3.05, 3.63) is 130 Å². The zero-order chi connectivity index (χ0) is 23.8. The molecule has 172 valence electrons. The molecule has 0 aliphatic heterocycles. The maximum Gasteiger partial charge on any atom is 0.247 e. The molecule has 0 spiro atoms. The highest BCUT2D eigenvalue weighted by atomic mass is 32.1. The first-order valence-corrected chi connectivity index (χ1v) is 11.9. The summed E-state index contributed by atoms with van der Waals surface area (Å²) in [6.45, 7) is 0.585. The number of thiophene rings is 1. The van der Waals surface area contributed by atoms with E-state index in [4.69, 9.17) is 0 Å². The van der Waals surface area contributed by atoms with E-state index in [-0.39, 0.29) is 24.8 Å². The van der Waals surface area contributed by atoms with Gasteiger partial charge >= 0.3 is 0 Å². The van der Waals surface area contributed by atoms with Crippen LogP contribution in [0.1, 0.15) is 27.6 Å². The van der Waals surface area contributed by atoms with E-state index < -0.39 is 11.9 Å². The van der Waals surface area contributed by atoms with Crippen molar-refractivity contribution in [2.45, 2.75) is 25.6 Å². The predicted octanol–water partition coefficient (Wildman–Crippen LogP) is 5.52. The van der Waals surface area contributed by atoms with Crippen molar-refractivity contribution in [3.63, 3.8) is 0 Å². The number of nitrogens with one attached hydrogen (secondary N) is 1. The second kappa shape index (κ2) is 11.4. The lowest BCUT2D eigenvalue weighted by atomic mass is 10.0. The van der Waals surface area contributed by atoms with Crippen molar-refractivity contribution >= 4 is 23.2 Å². The second-order valence-electron chi connectivity index (χ2n) is 7.92. The molecule has 1 N–H and O–H groups in total. The lowest BCUT2D eigenvalue weighted by molar-refractivity contribution is -0.141. The fourth-order valence-corrected chi connectivity index (χ4v) is 4.46. The summed E-state index contributed by atoms with van der Waals surface area (Å²) >= 11 is 1.50. The fraction of sp³-hybridized carbons (Fsp3) is 0.143. The molecule has 6 heteroatoms. The largest absolute Gasteiger partial charge is 0.350 e. The number of nitrogens with zero attached hydrogens (tertiary/aromatic N) is 1. The van der Waals surface area contributed by atoms with Crippen molar-refractivity contribution < 1.29 is 14.0 Å². The summed E-state index contributed by atoms with van der Waals surface area (Å²) in [5, 5.41) is 4.89. The van der Waals surface area contributed by atoms with Gasteiger partial charge in [0, 0.05) is 18.0 Å². The Kier molecular flexibility index (Phi) is 7.83. The lowest BCUT2D eigenvalue weighted by Crippen LogP contribution is -2.43. The Morgan fingerprint density at radius 2 is 1.47 bits per heavy atom. The van der Waals surface area contributed by atoms with Gasteiger partial charge in [0.15, 0.2) is 0 Å². The van der Waals surface area contributed by atoms with Gasteiger partial charge in [0.05, 0.1) is 6.42 Å². The first-order valence-electron chi connectivity index (χ1n) is 11.0. The van der Waals surface area contributed by atoms with Crippen LogP contribution in [-0.2, 0) is 29.1 Å². The van der Waals surface area contributed by atoms with Crippen LogP contribution in [0.25, 0.3) is 0 Å². The Balaban J connectivity index is 1.67. The van der Waals surface area contributed by atoms with Gasteiger partial charge in [-0.1, -0.05) is 78.9 Å². The number of benzene rings is 3. The normalized spacial score (nSPS) is 11.6. The Morgan fingerprint density at radius 1 is 0.824 bits per heavy atom. The van der Waals surface area contributed by atoms with E-state index in [1.54, 1.807) is 17.0 Å². The van der Waals surface area contributed by atoms with Crippen LogP contribution in [0.4, 0.5) is 4.39 Å². The zero-order valence-electron chi connectivity index (χ0n) is 18.6. The molecule has 4 rings (SSSR count). The van der Waals surface area contributed by atoms with Crippen LogP contribution in [0.3, 0.4) is 0 Å². The molecular formula is C28H25FN2O2S. The number of carbonyl (C=O) groups is 2. The first kappa shape index (κ1) is 23.4. The second-order valence-corrected chi connectivity index (χ2v) is 8.95. The van der Waals surface area contributed by atoms with E-state index in [0.29, 0.717) is 12.1 Å².